The molecule has 1 unspecified atom stereocenters. The van der Waals surface area contributed by atoms with Crippen molar-refractivity contribution in [3.05, 3.63) is 40.9 Å². The highest BCUT2D eigenvalue weighted by atomic mass is 35.5. The molecular weight excluding hydrogens is 266 g/mol. The standard InChI is InChI=1S/C14H18ClNO3/c1-19-10-13(8-9-17)16-14(18)7-4-11-2-5-12(15)6-3-11/h2-7,13,17H,8-10H2,1H3,(H,16,18)/b7-4+. The zero-order chi connectivity index (χ0) is 14.1. The van der Waals surface area contributed by atoms with Gasteiger partial charge in [-0.1, -0.05) is 23.7 Å². The van der Waals surface area contributed by atoms with Crippen LogP contribution in [0.25, 0.3) is 6.08 Å². The summed E-state index contributed by atoms with van der Waals surface area (Å²) in [5, 5.41) is 12.3. The van der Waals surface area contributed by atoms with Crippen molar-refractivity contribution in [3.63, 3.8) is 0 Å². The Labute approximate surface area is 118 Å². The summed E-state index contributed by atoms with van der Waals surface area (Å²) >= 11 is 5.77. The Bertz CT molecular complexity index is 411. The van der Waals surface area contributed by atoms with Gasteiger partial charge in [0.2, 0.25) is 5.91 Å². The van der Waals surface area contributed by atoms with Crippen LogP contribution in [0.15, 0.2) is 30.3 Å². The summed E-state index contributed by atoms with van der Waals surface area (Å²) in [7, 11) is 1.56. The third-order valence-corrected chi connectivity index (χ3v) is 2.74. The highest BCUT2D eigenvalue weighted by molar-refractivity contribution is 6.30. The molecule has 0 aliphatic heterocycles. The lowest BCUT2D eigenvalue weighted by Crippen LogP contribution is -2.37. The average Bonchev–Trinajstić information content (AvgIpc) is 2.39. The molecule has 5 heteroatoms. The molecular formula is C14H18ClNO3. The van der Waals surface area contributed by atoms with Crippen molar-refractivity contribution in [2.45, 2.75) is 12.5 Å². The second-order valence-corrected chi connectivity index (χ2v) is 4.49. The summed E-state index contributed by atoms with van der Waals surface area (Å²) < 4.78 is 4.97. The summed E-state index contributed by atoms with van der Waals surface area (Å²) in [4.78, 5) is 11.7. The molecule has 0 aromatic heterocycles. The molecule has 19 heavy (non-hydrogen) atoms. The summed E-state index contributed by atoms with van der Waals surface area (Å²) in [5.41, 5.74) is 0.894. The number of hydrogen-bond acceptors (Lipinski definition) is 3. The number of hydrogen-bond donors (Lipinski definition) is 2. The van der Waals surface area contributed by atoms with Gasteiger partial charge in [-0.15, -0.1) is 0 Å². The summed E-state index contributed by atoms with van der Waals surface area (Å²) in [6.45, 7) is 0.385. The van der Waals surface area contributed by atoms with Crippen molar-refractivity contribution < 1.29 is 14.6 Å². The van der Waals surface area contributed by atoms with E-state index in [2.05, 4.69) is 5.32 Å². The molecule has 1 atom stereocenters. The fourth-order valence-electron chi connectivity index (χ4n) is 1.55. The number of carbonyl (C=O) groups excluding carboxylic acids is 1. The number of amides is 1. The molecule has 0 fully saturated rings. The first-order valence-electron chi connectivity index (χ1n) is 5.99. The van der Waals surface area contributed by atoms with E-state index in [4.69, 9.17) is 21.4 Å². The number of halogens is 1. The van der Waals surface area contributed by atoms with Gasteiger partial charge in [0.15, 0.2) is 0 Å². The lowest BCUT2D eigenvalue weighted by Gasteiger charge is -2.15. The lowest BCUT2D eigenvalue weighted by atomic mass is 10.2. The molecule has 0 spiro atoms. The van der Waals surface area contributed by atoms with Crippen molar-refractivity contribution in [2.24, 2.45) is 0 Å². The number of carbonyl (C=O) groups is 1. The van der Waals surface area contributed by atoms with Gasteiger partial charge in [-0.05, 0) is 30.2 Å². The molecule has 4 nitrogen and oxygen atoms in total. The Kier molecular flexibility index (Phi) is 7.18. The SMILES string of the molecule is COCC(CCO)NC(=O)/C=C/c1ccc(Cl)cc1. The minimum atomic E-state index is -0.217. The maximum Gasteiger partial charge on any atom is 0.244 e. The van der Waals surface area contributed by atoms with Crippen molar-refractivity contribution in [1.82, 2.24) is 5.32 Å². The van der Waals surface area contributed by atoms with E-state index in [1.54, 1.807) is 25.3 Å². The molecule has 0 saturated carbocycles. The minimum Gasteiger partial charge on any atom is -0.396 e. The smallest absolute Gasteiger partial charge is 0.244 e. The van der Waals surface area contributed by atoms with Crippen LogP contribution in [-0.4, -0.2) is 37.4 Å². The number of aliphatic hydroxyl groups excluding tert-OH is 1. The van der Waals surface area contributed by atoms with Gasteiger partial charge in [0.25, 0.3) is 0 Å². The van der Waals surface area contributed by atoms with E-state index in [0.29, 0.717) is 18.1 Å². The number of rotatable bonds is 7. The van der Waals surface area contributed by atoms with Gasteiger partial charge in [0, 0.05) is 24.8 Å². The molecule has 1 aromatic rings. The van der Waals surface area contributed by atoms with Gasteiger partial charge in [-0.2, -0.15) is 0 Å². The topological polar surface area (TPSA) is 58.6 Å². The second kappa shape index (κ2) is 8.69. The van der Waals surface area contributed by atoms with Crippen molar-refractivity contribution >= 4 is 23.6 Å². The molecule has 0 bridgehead atoms. The quantitative estimate of drug-likeness (QED) is 0.751. The highest BCUT2D eigenvalue weighted by Crippen LogP contribution is 2.10. The molecule has 0 heterocycles. The Hall–Kier alpha value is -1.36. The molecule has 1 rings (SSSR count). The van der Waals surface area contributed by atoms with Crippen LogP contribution in [0.5, 0.6) is 0 Å². The Morgan fingerprint density at radius 1 is 1.47 bits per heavy atom. The molecule has 0 saturated heterocycles. The van der Waals surface area contributed by atoms with Crippen molar-refractivity contribution in [3.8, 4) is 0 Å². The summed E-state index contributed by atoms with van der Waals surface area (Å²) in [5.74, 6) is -0.217. The third kappa shape index (κ3) is 6.38. The van der Waals surface area contributed by atoms with Crippen LogP contribution in [0.4, 0.5) is 0 Å². The predicted molar refractivity (Wildman–Crippen MR) is 76.0 cm³/mol. The van der Waals surface area contributed by atoms with E-state index in [1.807, 2.05) is 12.1 Å². The minimum absolute atomic E-state index is 0.00913. The molecule has 1 aromatic carbocycles. The fourth-order valence-corrected chi connectivity index (χ4v) is 1.68. The van der Waals surface area contributed by atoms with Gasteiger partial charge >= 0.3 is 0 Å². The number of benzene rings is 1. The molecule has 1 amide bonds. The maximum absolute atomic E-state index is 11.7. The van der Waals surface area contributed by atoms with Gasteiger partial charge in [0.05, 0.1) is 12.6 Å². The first-order chi connectivity index (χ1) is 9.15. The summed E-state index contributed by atoms with van der Waals surface area (Å²) in [6.07, 6.45) is 3.62. The zero-order valence-corrected chi connectivity index (χ0v) is 11.6. The average molecular weight is 284 g/mol. The van der Waals surface area contributed by atoms with Gasteiger partial charge in [-0.3, -0.25) is 4.79 Å². The van der Waals surface area contributed by atoms with Crippen LogP contribution in [0.3, 0.4) is 0 Å². The van der Waals surface area contributed by atoms with Gasteiger partial charge in [-0.25, -0.2) is 0 Å². The van der Waals surface area contributed by atoms with E-state index >= 15 is 0 Å². The summed E-state index contributed by atoms with van der Waals surface area (Å²) in [6, 6.07) is 6.99. The molecule has 0 aliphatic rings. The second-order valence-electron chi connectivity index (χ2n) is 4.06. The number of aliphatic hydroxyl groups is 1. The predicted octanol–water partition coefficient (Wildman–Crippen LogP) is 1.87. The largest absolute Gasteiger partial charge is 0.396 e. The van der Waals surface area contributed by atoms with Crippen LogP contribution in [0, 0.1) is 0 Å². The number of nitrogens with one attached hydrogen (secondary N) is 1. The Morgan fingerprint density at radius 2 is 2.16 bits per heavy atom. The zero-order valence-electron chi connectivity index (χ0n) is 10.8. The Morgan fingerprint density at radius 3 is 2.74 bits per heavy atom. The van der Waals surface area contributed by atoms with E-state index < -0.39 is 0 Å². The lowest BCUT2D eigenvalue weighted by molar-refractivity contribution is -0.117. The monoisotopic (exact) mass is 283 g/mol. The number of ether oxygens (including phenoxy) is 1. The molecule has 2 N–H and O–H groups in total. The molecule has 104 valence electrons. The van der Waals surface area contributed by atoms with E-state index in [0.717, 1.165) is 5.56 Å². The van der Waals surface area contributed by atoms with Crippen LogP contribution in [0.1, 0.15) is 12.0 Å². The van der Waals surface area contributed by atoms with E-state index in [-0.39, 0.29) is 18.6 Å². The number of methoxy groups -OCH3 is 1. The van der Waals surface area contributed by atoms with Crippen LogP contribution in [0.2, 0.25) is 5.02 Å². The van der Waals surface area contributed by atoms with Crippen LogP contribution in [-0.2, 0) is 9.53 Å². The normalized spacial score (nSPS) is 12.6. The molecule has 0 aliphatic carbocycles. The maximum atomic E-state index is 11.7. The highest BCUT2D eigenvalue weighted by Gasteiger charge is 2.09. The first kappa shape index (κ1) is 15.7. The van der Waals surface area contributed by atoms with Crippen LogP contribution >= 0.6 is 11.6 Å². The van der Waals surface area contributed by atoms with Gasteiger partial charge < -0.3 is 15.2 Å². The Balaban J connectivity index is 2.51. The van der Waals surface area contributed by atoms with Crippen molar-refractivity contribution in [1.29, 1.82) is 0 Å². The first-order valence-corrected chi connectivity index (χ1v) is 6.37. The van der Waals surface area contributed by atoms with E-state index in [1.165, 1.54) is 6.08 Å². The van der Waals surface area contributed by atoms with Gasteiger partial charge in [0.1, 0.15) is 0 Å². The fraction of sp³-hybridized carbons (Fsp3) is 0.357. The third-order valence-electron chi connectivity index (χ3n) is 2.49. The van der Waals surface area contributed by atoms with Crippen LogP contribution < -0.4 is 5.32 Å². The van der Waals surface area contributed by atoms with E-state index in [9.17, 15) is 4.79 Å². The van der Waals surface area contributed by atoms with Crippen molar-refractivity contribution in [2.75, 3.05) is 20.3 Å². The molecule has 0 radical (unpaired) electrons.